The summed E-state index contributed by atoms with van der Waals surface area (Å²) in [5, 5.41) is 11.3. The van der Waals surface area contributed by atoms with Gasteiger partial charge in [-0.3, -0.25) is 4.79 Å². The van der Waals surface area contributed by atoms with Gasteiger partial charge in [-0.05, 0) is 30.4 Å². The summed E-state index contributed by atoms with van der Waals surface area (Å²) in [6, 6.07) is 3.35. The molecule has 1 heterocycles. The molecule has 1 amide bonds. The fourth-order valence-corrected chi connectivity index (χ4v) is 2.95. The second-order valence-corrected chi connectivity index (χ2v) is 5.20. The number of anilines is 1. The van der Waals surface area contributed by atoms with Gasteiger partial charge in [0, 0.05) is 11.7 Å². The molecule has 4 nitrogen and oxygen atoms in total. The lowest BCUT2D eigenvalue weighted by Gasteiger charge is -2.11. The summed E-state index contributed by atoms with van der Waals surface area (Å²) in [5.74, 6) is -0.493. The zero-order valence-electron chi connectivity index (χ0n) is 9.48. The Morgan fingerprint density at radius 1 is 1.44 bits per heavy atom. The lowest BCUT2D eigenvalue weighted by atomic mass is 10.1. The SMILES string of the molecule is O=C(O)c1ccc(F)c(NC(=O)C2CCSC2)c1. The number of hydrogen-bond acceptors (Lipinski definition) is 3. The summed E-state index contributed by atoms with van der Waals surface area (Å²) >= 11 is 1.68. The van der Waals surface area contributed by atoms with Crippen LogP contribution in [-0.2, 0) is 4.79 Å². The largest absolute Gasteiger partial charge is 0.478 e. The Morgan fingerprint density at radius 3 is 2.83 bits per heavy atom. The summed E-state index contributed by atoms with van der Waals surface area (Å²) in [4.78, 5) is 22.6. The van der Waals surface area contributed by atoms with E-state index in [4.69, 9.17) is 5.11 Å². The molecule has 18 heavy (non-hydrogen) atoms. The van der Waals surface area contributed by atoms with Crippen molar-refractivity contribution in [2.75, 3.05) is 16.8 Å². The Morgan fingerprint density at radius 2 is 2.22 bits per heavy atom. The van der Waals surface area contributed by atoms with Crippen LogP contribution in [0.3, 0.4) is 0 Å². The third-order valence-electron chi connectivity index (χ3n) is 2.77. The van der Waals surface area contributed by atoms with Gasteiger partial charge in [0.05, 0.1) is 11.3 Å². The molecule has 0 spiro atoms. The predicted octanol–water partition coefficient (Wildman–Crippen LogP) is 2.22. The van der Waals surface area contributed by atoms with Gasteiger partial charge < -0.3 is 10.4 Å². The van der Waals surface area contributed by atoms with Crippen molar-refractivity contribution >= 4 is 29.3 Å². The third-order valence-corrected chi connectivity index (χ3v) is 3.93. The average Bonchev–Trinajstić information content (AvgIpc) is 2.85. The molecule has 1 unspecified atom stereocenters. The Kier molecular flexibility index (Phi) is 3.86. The minimum Gasteiger partial charge on any atom is -0.478 e. The van der Waals surface area contributed by atoms with E-state index in [1.165, 1.54) is 6.07 Å². The fraction of sp³-hybridized carbons (Fsp3) is 0.333. The normalized spacial score (nSPS) is 18.6. The van der Waals surface area contributed by atoms with Gasteiger partial charge in [-0.25, -0.2) is 9.18 Å². The zero-order valence-corrected chi connectivity index (χ0v) is 10.3. The molecule has 0 saturated carbocycles. The quantitative estimate of drug-likeness (QED) is 0.883. The highest BCUT2D eigenvalue weighted by molar-refractivity contribution is 7.99. The maximum atomic E-state index is 13.5. The Balaban J connectivity index is 2.14. The van der Waals surface area contributed by atoms with E-state index in [0.717, 1.165) is 30.1 Å². The first-order valence-electron chi connectivity index (χ1n) is 5.49. The molecule has 1 aliphatic rings. The van der Waals surface area contributed by atoms with Crippen LogP contribution in [0.4, 0.5) is 10.1 Å². The van der Waals surface area contributed by atoms with Gasteiger partial charge in [-0.15, -0.1) is 0 Å². The van der Waals surface area contributed by atoms with Crippen LogP contribution in [0.2, 0.25) is 0 Å². The van der Waals surface area contributed by atoms with Gasteiger partial charge >= 0.3 is 5.97 Å². The number of aromatic carboxylic acids is 1. The molecule has 1 saturated heterocycles. The van der Waals surface area contributed by atoms with Crippen molar-refractivity contribution in [1.82, 2.24) is 0 Å². The van der Waals surface area contributed by atoms with Crippen molar-refractivity contribution in [1.29, 1.82) is 0 Å². The van der Waals surface area contributed by atoms with Crippen LogP contribution in [-0.4, -0.2) is 28.5 Å². The van der Waals surface area contributed by atoms with E-state index in [9.17, 15) is 14.0 Å². The number of carbonyl (C=O) groups is 2. The Bertz CT molecular complexity index is 486. The summed E-state index contributed by atoms with van der Waals surface area (Å²) in [5.41, 5.74) is -0.121. The highest BCUT2D eigenvalue weighted by Gasteiger charge is 2.24. The minimum absolute atomic E-state index is 0.0486. The highest BCUT2D eigenvalue weighted by Crippen LogP contribution is 2.25. The average molecular weight is 269 g/mol. The number of benzene rings is 1. The van der Waals surface area contributed by atoms with Crippen molar-refractivity contribution < 1.29 is 19.1 Å². The van der Waals surface area contributed by atoms with Gasteiger partial charge in [0.1, 0.15) is 5.82 Å². The topological polar surface area (TPSA) is 66.4 Å². The zero-order chi connectivity index (χ0) is 13.1. The van der Waals surface area contributed by atoms with E-state index >= 15 is 0 Å². The first-order chi connectivity index (χ1) is 8.58. The molecule has 96 valence electrons. The number of carbonyl (C=O) groups excluding carboxylic acids is 1. The van der Waals surface area contributed by atoms with Crippen molar-refractivity contribution in [2.45, 2.75) is 6.42 Å². The number of hydrogen-bond donors (Lipinski definition) is 2. The van der Waals surface area contributed by atoms with E-state index in [-0.39, 0.29) is 23.1 Å². The maximum absolute atomic E-state index is 13.5. The Labute approximate surface area is 108 Å². The van der Waals surface area contributed by atoms with Crippen molar-refractivity contribution in [2.24, 2.45) is 5.92 Å². The molecule has 1 fully saturated rings. The van der Waals surface area contributed by atoms with Gasteiger partial charge in [0.25, 0.3) is 0 Å². The summed E-state index contributed by atoms with van der Waals surface area (Å²) in [6.07, 6.45) is 0.775. The van der Waals surface area contributed by atoms with Crippen molar-refractivity contribution in [3.8, 4) is 0 Å². The standard InChI is InChI=1S/C12H12FNO3S/c13-9-2-1-7(12(16)17)5-10(9)14-11(15)8-3-4-18-6-8/h1-2,5,8H,3-4,6H2,(H,14,15)(H,16,17). The second kappa shape index (κ2) is 5.39. The molecule has 0 aliphatic carbocycles. The predicted molar refractivity (Wildman–Crippen MR) is 67.4 cm³/mol. The first-order valence-corrected chi connectivity index (χ1v) is 6.65. The van der Waals surface area contributed by atoms with Gasteiger partial charge in [-0.2, -0.15) is 11.8 Å². The van der Waals surface area contributed by atoms with E-state index < -0.39 is 11.8 Å². The molecular formula is C12H12FNO3S. The summed E-state index contributed by atoms with van der Waals surface area (Å²) in [7, 11) is 0. The molecule has 2 N–H and O–H groups in total. The van der Waals surface area contributed by atoms with E-state index in [2.05, 4.69) is 5.32 Å². The molecule has 0 radical (unpaired) electrons. The fourth-order valence-electron chi connectivity index (χ4n) is 1.73. The van der Waals surface area contributed by atoms with Crippen LogP contribution in [0.5, 0.6) is 0 Å². The number of amides is 1. The van der Waals surface area contributed by atoms with Crippen molar-refractivity contribution in [3.05, 3.63) is 29.6 Å². The molecule has 6 heteroatoms. The number of rotatable bonds is 3. The number of nitrogens with one attached hydrogen (secondary N) is 1. The van der Waals surface area contributed by atoms with E-state index in [1.54, 1.807) is 11.8 Å². The minimum atomic E-state index is -1.15. The monoisotopic (exact) mass is 269 g/mol. The van der Waals surface area contributed by atoms with Gasteiger partial charge in [0.2, 0.25) is 5.91 Å². The van der Waals surface area contributed by atoms with Gasteiger partial charge in [0.15, 0.2) is 0 Å². The molecule has 1 aromatic rings. The molecule has 1 aliphatic heterocycles. The highest BCUT2D eigenvalue weighted by atomic mass is 32.2. The van der Waals surface area contributed by atoms with Crippen LogP contribution < -0.4 is 5.32 Å². The lowest BCUT2D eigenvalue weighted by Crippen LogP contribution is -2.23. The third kappa shape index (κ3) is 2.81. The number of halogens is 1. The van der Waals surface area contributed by atoms with Crippen LogP contribution in [0, 0.1) is 11.7 Å². The smallest absolute Gasteiger partial charge is 0.335 e. The van der Waals surface area contributed by atoms with Crippen molar-refractivity contribution in [3.63, 3.8) is 0 Å². The van der Waals surface area contributed by atoms with Crippen LogP contribution >= 0.6 is 11.8 Å². The molecular weight excluding hydrogens is 257 g/mol. The number of thioether (sulfide) groups is 1. The molecule has 1 aromatic carbocycles. The molecule has 1 atom stereocenters. The Hall–Kier alpha value is -1.56. The summed E-state index contributed by atoms with van der Waals surface area (Å²) in [6.45, 7) is 0. The van der Waals surface area contributed by atoms with E-state index in [0.29, 0.717) is 0 Å². The molecule has 0 bridgehead atoms. The molecule has 0 aromatic heterocycles. The number of carboxylic acid groups (broad SMARTS) is 1. The summed E-state index contributed by atoms with van der Waals surface area (Å²) < 4.78 is 13.5. The van der Waals surface area contributed by atoms with Crippen LogP contribution in [0.1, 0.15) is 16.8 Å². The van der Waals surface area contributed by atoms with Gasteiger partial charge in [-0.1, -0.05) is 0 Å². The lowest BCUT2D eigenvalue weighted by molar-refractivity contribution is -0.119. The number of carboxylic acids is 1. The first kappa shape index (κ1) is 12.9. The second-order valence-electron chi connectivity index (χ2n) is 4.05. The van der Waals surface area contributed by atoms with E-state index in [1.807, 2.05) is 0 Å². The maximum Gasteiger partial charge on any atom is 0.335 e. The van der Waals surface area contributed by atoms with Crippen LogP contribution in [0.15, 0.2) is 18.2 Å². The van der Waals surface area contributed by atoms with Crippen LogP contribution in [0.25, 0.3) is 0 Å². The molecule has 2 rings (SSSR count).